The number of ether oxygens (including phenoxy) is 2. The van der Waals surface area contributed by atoms with Gasteiger partial charge in [-0.3, -0.25) is 4.90 Å². The summed E-state index contributed by atoms with van der Waals surface area (Å²) >= 11 is 0. The molecule has 0 radical (unpaired) electrons. The second kappa shape index (κ2) is 6.64. The van der Waals surface area contributed by atoms with E-state index >= 15 is 0 Å². The highest BCUT2D eigenvalue weighted by molar-refractivity contribution is 5.70. The van der Waals surface area contributed by atoms with Gasteiger partial charge in [0.25, 0.3) is 0 Å². The predicted octanol–water partition coefficient (Wildman–Crippen LogP) is 3.98. The molecule has 2 aromatic carbocycles. The van der Waals surface area contributed by atoms with E-state index in [-0.39, 0.29) is 17.9 Å². The molecule has 0 spiro atoms. The van der Waals surface area contributed by atoms with Crippen LogP contribution in [0.2, 0.25) is 0 Å². The number of alkyl halides is 2. The van der Waals surface area contributed by atoms with Crippen molar-refractivity contribution in [2.45, 2.75) is 19.3 Å². The van der Waals surface area contributed by atoms with Gasteiger partial charge in [-0.05, 0) is 23.3 Å². The molecule has 1 unspecified atom stereocenters. The number of hydrogen-bond acceptors (Lipinski definition) is 3. The first-order chi connectivity index (χ1) is 11.1. The third kappa shape index (κ3) is 3.77. The lowest BCUT2D eigenvalue weighted by Gasteiger charge is -2.13. The van der Waals surface area contributed by atoms with Crippen LogP contribution in [-0.4, -0.2) is 24.1 Å². The molecular formula is C17H15F2NO3. The van der Waals surface area contributed by atoms with Crippen LogP contribution >= 0.6 is 0 Å². The summed E-state index contributed by atoms with van der Waals surface area (Å²) < 4.78 is 33.9. The Bertz CT molecular complexity index is 661. The topological polar surface area (TPSA) is 38.8 Å². The van der Waals surface area contributed by atoms with Gasteiger partial charge in [0.05, 0.1) is 6.54 Å². The van der Waals surface area contributed by atoms with Gasteiger partial charge in [-0.1, -0.05) is 42.5 Å². The van der Waals surface area contributed by atoms with Gasteiger partial charge < -0.3 is 9.47 Å². The van der Waals surface area contributed by atoms with Crippen LogP contribution in [0.25, 0.3) is 0 Å². The maximum absolute atomic E-state index is 12.1. The van der Waals surface area contributed by atoms with Crippen LogP contribution < -0.4 is 4.74 Å². The molecule has 1 fully saturated rings. The fourth-order valence-electron chi connectivity index (χ4n) is 2.48. The average Bonchev–Trinajstić information content (AvgIpc) is 2.91. The highest BCUT2D eigenvalue weighted by Crippen LogP contribution is 2.27. The van der Waals surface area contributed by atoms with Gasteiger partial charge in [0.15, 0.2) is 0 Å². The van der Waals surface area contributed by atoms with Gasteiger partial charge in [-0.2, -0.15) is 8.78 Å². The SMILES string of the molecule is O=C1OC(c2ccccc2)CN1Cc1ccc(OC(F)F)cc1. The fraction of sp³-hybridized carbons (Fsp3) is 0.235. The van der Waals surface area contributed by atoms with Gasteiger partial charge in [-0.25, -0.2) is 4.79 Å². The first-order valence-corrected chi connectivity index (χ1v) is 7.16. The quantitative estimate of drug-likeness (QED) is 0.837. The van der Waals surface area contributed by atoms with Crippen molar-refractivity contribution in [1.29, 1.82) is 0 Å². The molecule has 1 saturated heterocycles. The van der Waals surface area contributed by atoms with Crippen LogP contribution in [0.5, 0.6) is 5.75 Å². The minimum Gasteiger partial charge on any atom is -0.439 e. The second-order valence-electron chi connectivity index (χ2n) is 5.19. The molecule has 1 aliphatic heterocycles. The van der Waals surface area contributed by atoms with Gasteiger partial charge in [0.2, 0.25) is 0 Å². The molecule has 23 heavy (non-hydrogen) atoms. The Morgan fingerprint density at radius 3 is 2.48 bits per heavy atom. The summed E-state index contributed by atoms with van der Waals surface area (Å²) in [4.78, 5) is 13.5. The minimum atomic E-state index is -2.85. The van der Waals surface area contributed by atoms with Crippen molar-refractivity contribution in [2.24, 2.45) is 0 Å². The number of carbonyl (C=O) groups excluding carboxylic acids is 1. The lowest BCUT2D eigenvalue weighted by molar-refractivity contribution is -0.0498. The van der Waals surface area contributed by atoms with E-state index < -0.39 is 6.61 Å². The zero-order valence-corrected chi connectivity index (χ0v) is 12.2. The smallest absolute Gasteiger partial charge is 0.410 e. The fourth-order valence-corrected chi connectivity index (χ4v) is 2.48. The number of benzene rings is 2. The highest BCUT2D eigenvalue weighted by atomic mass is 19.3. The van der Waals surface area contributed by atoms with E-state index in [1.165, 1.54) is 12.1 Å². The highest BCUT2D eigenvalue weighted by Gasteiger charge is 2.32. The summed E-state index contributed by atoms with van der Waals surface area (Å²) in [6, 6.07) is 15.7. The predicted molar refractivity (Wildman–Crippen MR) is 79.1 cm³/mol. The molecule has 1 amide bonds. The van der Waals surface area contributed by atoms with Crippen LogP contribution in [0, 0.1) is 0 Å². The summed E-state index contributed by atoms with van der Waals surface area (Å²) in [5.41, 5.74) is 1.77. The van der Waals surface area contributed by atoms with Gasteiger partial charge in [-0.15, -0.1) is 0 Å². The summed E-state index contributed by atoms with van der Waals surface area (Å²) in [7, 11) is 0. The van der Waals surface area contributed by atoms with E-state index in [0.29, 0.717) is 13.1 Å². The number of rotatable bonds is 5. The van der Waals surface area contributed by atoms with Crippen molar-refractivity contribution in [2.75, 3.05) is 6.54 Å². The van der Waals surface area contributed by atoms with Crippen molar-refractivity contribution in [3.8, 4) is 5.75 Å². The summed E-state index contributed by atoms with van der Waals surface area (Å²) in [6.45, 7) is -2.03. The largest absolute Gasteiger partial charge is 0.439 e. The Morgan fingerprint density at radius 1 is 1.13 bits per heavy atom. The number of cyclic esters (lactones) is 1. The molecule has 0 aromatic heterocycles. The van der Waals surface area contributed by atoms with Crippen molar-refractivity contribution < 1.29 is 23.0 Å². The zero-order valence-electron chi connectivity index (χ0n) is 12.2. The Morgan fingerprint density at radius 2 is 1.83 bits per heavy atom. The minimum absolute atomic E-state index is 0.0925. The molecule has 0 aliphatic carbocycles. The second-order valence-corrected chi connectivity index (χ2v) is 5.19. The van der Waals surface area contributed by atoms with Gasteiger partial charge in [0.1, 0.15) is 11.9 Å². The van der Waals surface area contributed by atoms with Crippen molar-refractivity contribution in [3.63, 3.8) is 0 Å². The van der Waals surface area contributed by atoms with Crippen molar-refractivity contribution in [1.82, 2.24) is 4.90 Å². The maximum Gasteiger partial charge on any atom is 0.410 e. The zero-order chi connectivity index (χ0) is 16.2. The van der Waals surface area contributed by atoms with Crippen LogP contribution in [0.15, 0.2) is 54.6 Å². The number of nitrogens with zero attached hydrogens (tertiary/aromatic N) is 1. The molecule has 1 heterocycles. The van der Waals surface area contributed by atoms with E-state index in [0.717, 1.165) is 11.1 Å². The third-order valence-corrected chi connectivity index (χ3v) is 3.58. The number of halogens is 2. The standard InChI is InChI=1S/C17H15F2NO3/c18-16(19)22-14-8-6-12(7-9-14)10-20-11-15(23-17(20)21)13-4-2-1-3-5-13/h1-9,15-16H,10-11H2. The lowest BCUT2D eigenvalue weighted by Crippen LogP contribution is -2.23. The summed E-state index contributed by atoms with van der Waals surface area (Å²) in [5, 5.41) is 0. The molecule has 3 rings (SSSR count). The molecule has 4 nitrogen and oxygen atoms in total. The van der Waals surface area contributed by atoms with E-state index in [2.05, 4.69) is 4.74 Å². The molecule has 120 valence electrons. The summed E-state index contributed by atoms with van der Waals surface area (Å²) in [5.74, 6) is 0.0925. The Balaban J connectivity index is 1.63. The van der Waals surface area contributed by atoms with E-state index in [1.807, 2.05) is 30.3 Å². The molecule has 0 N–H and O–H groups in total. The normalized spacial score (nSPS) is 17.4. The first-order valence-electron chi connectivity index (χ1n) is 7.16. The average molecular weight is 319 g/mol. The number of hydrogen-bond donors (Lipinski definition) is 0. The Labute approximate surface area is 132 Å². The van der Waals surface area contributed by atoms with Crippen LogP contribution in [0.1, 0.15) is 17.2 Å². The molecule has 2 aromatic rings. The van der Waals surface area contributed by atoms with Crippen LogP contribution in [0.3, 0.4) is 0 Å². The van der Waals surface area contributed by atoms with Crippen LogP contribution in [-0.2, 0) is 11.3 Å². The molecule has 0 saturated carbocycles. The third-order valence-electron chi connectivity index (χ3n) is 3.58. The van der Waals surface area contributed by atoms with Crippen LogP contribution in [0.4, 0.5) is 13.6 Å². The maximum atomic E-state index is 12.1. The van der Waals surface area contributed by atoms with E-state index in [1.54, 1.807) is 17.0 Å². The number of amides is 1. The Hall–Kier alpha value is -2.63. The lowest BCUT2D eigenvalue weighted by atomic mass is 10.1. The van der Waals surface area contributed by atoms with E-state index in [4.69, 9.17) is 4.74 Å². The van der Waals surface area contributed by atoms with Gasteiger partial charge >= 0.3 is 12.7 Å². The van der Waals surface area contributed by atoms with Crippen molar-refractivity contribution in [3.05, 3.63) is 65.7 Å². The van der Waals surface area contributed by atoms with E-state index in [9.17, 15) is 13.6 Å². The summed E-state index contributed by atoms with van der Waals surface area (Å²) in [6.07, 6.45) is -0.670. The molecule has 6 heteroatoms. The Kier molecular flexibility index (Phi) is 4.41. The molecule has 0 bridgehead atoms. The monoisotopic (exact) mass is 319 g/mol. The first kappa shape index (κ1) is 15.3. The molecular weight excluding hydrogens is 304 g/mol. The number of carbonyl (C=O) groups is 1. The molecule has 1 aliphatic rings. The van der Waals surface area contributed by atoms with Crippen molar-refractivity contribution >= 4 is 6.09 Å². The molecule has 1 atom stereocenters. The van der Waals surface area contributed by atoms with Gasteiger partial charge in [0, 0.05) is 6.54 Å².